The Morgan fingerprint density at radius 2 is 0.545 bits per heavy atom. The molecule has 0 amide bonds. The Balaban J connectivity index is 4.23. The second kappa shape index (κ2) is 77.1. The van der Waals surface area contributed by atoms with E-state index < -0.39 is 24.3 Å². The van der Waals surface area contributed by atoms with Gasteiger partial charge in [0.05, 0.1) is 34.4 Å². The standard InChI is InChI=1S/C90H139NO8/c1-6-8-10-12-14-16-18-20-22-24-26-28-30-32-34-36-38-40-41-42-43-44-45-46-47-49-51-53-55-57-59-61-63-65-67-69-71-73-75-77-79-81-88(93)99-86(85-98-90(89(94)95)96-83-82-91(3,4)5)84-97-87(92)80-78-76-74-72-70-68-66-64-62-60-58-56-54-52-50-48-39-37-35-33-31-29-27-25-23-21-19-17-15-13-11-9-7-2/h8-11,14-17,20-23,26-29,32-35,38-40,42-43,45-46,48-49,51-52,54-55,57,61,63,67,69,86,90H,6-7,12-13,18-19,24-25,30-31,36-37,41,44,47,50,53,56,58-60,62,64-66,68,70-85H2,1-5H3/p+1/b10-8-,11-9-,16-14-,17-15-,22-20-,23-21-,28-26-,29-27-,34-32-,35-33-,40-38-,43-42-,46-45-,48-39-,51-49-,54-52-,57-55-,63-61-,69-67-. The minimum absolute atomic E-state index is 0.169. The molecule has 0 aliphatic rings. The number of carbonyl (C=O) groups is 3. The maximum atomic E-state index is 13.0. The normalized spacial score (nSPS) is 14.0. The van der Waals surface area contributed by atoms with Crippen LogP contribution in [0, 0.1) is 0 Å². The highest BCUT2D eigenvalue weighted by Crippen LogP contribution is 2.15. The van der Waals surface area contributed by atoms with Crippen LogP contribution in [0.5, 0.6) is 0 Å². The van der Waals surface area contributed by atoms with Crippen LogP contribution >= 0.6 is 0 Å². The number of rotatable bonds is 68. The summed E-state index contributed by atoms with van der Waals surface area (Å²) >= 11 is 0. The Labute approximate surface area is 606 Å². The summed E-state index contributed by atoms with van der Waals surface area (Å²) in [7, 11) is 5.95. The minimum Gasteiger partial charge on any atom is -0.477 e. The van der Waals surface area contributed by atoms with Crippen molar-refractivity contribution in [2.45, 2.75) is 270 Å². The van der Waals surface area contributed by atoms with Crippen molar-refractivity contribution in [1.82, 2.24) is 0 Å². The number of hydrogen-bond acceptors (Lipinski definition) is 7. The van der Waals surface area contributed by atoms with Crippen molar-refractivity contribution in [2.24, 2.45) is 0 Å². The third-order valence-electron chi connectivity index (χ3n) is 15.4. The zero-order chi connectivity index (χ0) is 71.8. The van der Waals surface area contributed by atoms with Crippen LogP contribution in [-0.4, -0.2) is 87.4 Å². The Bertz CT molecular complexity index is 2490. The summed E-state index contributed by atoms with van der Waals surface area (Å²) in [4.78, 5) is 37.7. The molecule has 0 bridgehead atoms. The smallest absolute Gasteiger partial charge is 0.361 e. The molecule has 0 spiro atoms. The van der Waals surface area contributed by atoms with E-state index in [1.165, 1.54) is 44.9 Å². The van der Waals surface area contributed by atoms with Gasteiger partial charge in [0, 0.05) is 12.8 Å². The second-order valence-corrected chi connectivity index (χ2v) is 25.8. The maximum Gasteiger partial charge on any atom is 0.361 e. The Hall–Kier alpha value is -6.65. The fraction of sp³-hybridized carbons (Fsp3) is 0.544. The summed E-state index contributed by atoms with van der Waals surface area (Å²) in [5.41, 5.74) is 0. The molecule has 0 saturated heterocycles. The molecule has 0 aromatic heterocycles. The van der Waals surface area contributed by atoms with E-state index in [1.807, 2.05) is 21.1 Å². The molecule has 0 aliphatic carbocycles. The van der Waals surface area contributed by atoms with E-state index in [2.05, 4.69) is 245 Å². The minimum atomic E-state index is -1.54. The first-order valence-corrected chi connectivity index (χ1v) is 38.5. The Morgan fingerprint density at radius 1 is 0.303 bits per heavy atom. The molecule has 0 radical (unpaired) electrons. The average molecular weight is 1360 g/mol. The number of likely N-dealkylation sites (N-methyl/N-ethyl adjacent to an activating group) is 1. The van der Waals surface area contributed by atoms with Gasteiger partial charge in [0.1, 0.15) is 13.2 Å². The maximum absolute atomic E-state index is 13.0. The van der Waals surface area contributed by atoms with Crippen LogP contribution in [0.4, 0.5) is 0 Å². The van der Waals surface area contributed by atoms with Gasteiger partial charge in [-0.2, -0.15) is 0 Å². The zero-order valence-corrected chi connectivity index (χ0v) is 63.0. The first kappa shape index (κ1) is 92.4. The summed E-state index contributed by atoms with van der Waals surface area (Å²) in [6.07, 6.45) is 120. The lowest BCUT2D eigenvalue weighted by atomic mass is 10.0. The number of carboxylic acids is 1. The predicted molar refractivity (Wildman–Crippen MR) is 428 cm³/mol. The van der Waals surface area contributed by atoms with E-state index in [4.69, 9.17) is 18.9 Å². The first-order chi connectivity index (χ1) is 48.6. The zero-order valence-electron chi connectivity index (χ0n) is 63.0. The largest absolute Gasteiger partial charge is 0.477 e. The van der Waals surface area contributed by atoms with Crippen molar-refractivity contribution >= 4 is 17.9 Å². The molecule has 2 unspecified atom stereocenters. The Morgan fingerprint density at radius 3 is 0.808 bits per heavy atom. The van der Waals surface area contributed by atoms with Gasteiger partial charge >= 0.3 is 17.9 Å². The summed E-state index contributed by atoms with van der Waals surface area (Å²) in [5.74, 6) is -2.07. The number of esters is 2. The molecule has 1 N–H and O–H groups in total. The van der Waals surface area contributed by atoms with Crippen LogP contribution in [0.25, 0.3) is 0 Å². The highest BCUT2D eigenvalue weighted by atomic mass is 16.7. The first-order valence-electron chi connectivity index (χ1n) is 38.5. The molecule has 0 aromatic carbocycles. The fourth-order valence-corrected chi connectivity index (χ4v) is 9.62. The molecular weight excluding hydrogens is 1220 g/mol. The summed E-state index contributed by atoms with van der Waals surface area (Å²) in [6.45, 7) is 4.59. The molecule has 99 heavy (non-hydrogen) atoms. The molecule has 0 aromatic rings. The van der Waals surface area contributed by atoms with E-state index in [0.29, 0.717) is 17.4 Å². The van der Waals surface area contributed by atoms with Crippen LogP contribution < -0.4 is 0 Å². The van der Waals surface area contributed by atoms with Crippen molar-refractivity contribution in [3.8, 4) is 0 Å². The lowest BCUT2D eigenvalue weighted by Gasteiger charge is -2.25. The van der Waals surface area contributed by atoms with Gasteiger partial charge in [-0.05, 0) is 161 Å². The number of carbonyl (C=O) groups excluding carboxylic acids is 2. The molecule has 0 aliphatic heterocycles. The van der Waals surface area contributed by atoms with Gasteiger partial charge in [-0.1, -0.05) is 315 Å². The van der Waals surface area contributed by atoms with Crippen molar-refractivity contribution < 1.29 is 42.9 Å². The summed E-state index contributed by atoms with van der Waals surface area (Å²) in [6, 6.07) is 0. The monoisotopic (exact) mass is 1360 g/mol. The van der Waals surface area contributed by atoms with Gasteiger partial charge in [0.15, 0.2) is 6.10 Å². The van der Waals surface area contributed by atoms with Crippen molar-refractivity contribution in [1.29, 1.82) is 0 Å². The number of aliphatic carboxylic acids is 1. The van der Waals surface area contributed by atoms with Crippen molar-refractivity contribution in [2.75, 3.05) is 47.5 Å². The van der Waals surface area contributed by atoms with Crippen molar-refractivity contribution in [3.05, 3.63) is 231 Å². The van der Waals surface area contributed by atoms with Gasteiger partial charge in [0.25, 0.3) is 6.29 Å². The van der Waals surface area contributed by atoms with Gasteiger partial charge in [-0.3, -0.25) is 9.59 Å². The van der Waals surface area contributed by atoms with Gasteiger partial charge in [-0.15, -0.1) is 0 Å². The quantitative estimate of drug-likeness (QED) is 0.0211. The number of ether oxygens (including phenoxy) is 4. The number of unbranched alkanes of at least 4 members (excludes halogenated alkanes) is 15. The SMILES string of the molecule is CC/C=C\C/C=C\C/C=C\C/C=C\C/C=C\C/C=C\C/C=C\C/C=C\C/C=C\C/C=C\C/C=C\C/C=C\CCCCCCC(=O)OC(COC(=O)CCCCCCCCCCCCC/C=C\C/C=C\C/C=C\C/C=C\C/C=C\C/C=C\C/C=C\CC)COC(OCC[N+](C)(C)C)C(=O)O. The molecule has 0 fully saturated rings. The topological polar surface area (TPSA) is 108 Å². The fourth-order valence-electron chi connectivity index (χ4n) is 9.62. The summed E-state index contributed by atoms with van der Waals surface area (Å²) in [5, 5.41) is 9.77. The second-order valence-electron chi connectivity index (χ2n) is 25.8. The molecule has 0 rings (SSSR count). The van der Waals surface area contributed by atoms with Crippen LogP contribution in [0.15, 0.2) is 231 Å². The molecule has 0 heterocycles. The van der Waals surface area contributed by atoms with E-state index >= 15 is 0 Å². The van der Waals surface area contributed by atoms with Gasteiger partial charge in [0.2, 0.25) is 0 Å². The number of nitrogens with zero attached hydrogens (tertiary/aromatic N) is 1. The molecule has 9 heteroatoms. The van der Waals surface area contributed by atoms with E-state index in [-0.39, 0.29) is 38.6 Å². The Kier molecular flexibility index (Phi) is 71.9. The van der Waals surface area contributed by atoms with Crippen LogP contribution in [-0.2, 0) is 33.3 Å². The number of allylic oxidation sites excluding steroid dienone is 38. The number of quaternary nitrogens is 1. The summed E-state index contributed by atoms with van der Waals surface area (Å²) < 4.78 is 23.0. The van der Waals surface area contributed by atoms with E-state index in [9.17, 15) is 19.5 Å². The van der Waals surface area contributed by atoms with Crippen LogP contribution in [0.2, 0.25) is 0 Å². The molecular formula is C90H140NO8+. The number of hydrogen-bond donors (Lipinski definition) is 1. The highest BCUT2D eigenvalue weighted by molar-refractivity contribution is 5.71. The lowest BCUT2D eigenvalue weighted by Crippen LogP contribution is -2.40. The van der Waals surface area contributed by atoms with Gasteiger partial charge < -0.3 is 28.5 Å². The third-order valence-corrected chi connectivity index (χ3v) is 15.4. The molecule has 9 nitrogen and oxygen atoms in total. The molecule has 0 saturated carbocycles. The third kappa shape index (κ3) is 78.6. The lowest BCUT2D eigenvalue weighted by molar-refractivity contribution is -0.870. The highest BCUT2D eigenvalue weighted by Gasteiger charge is 2.25. The van der Waals surface area contributed by atoms with Crippen molar-refractivity contribution in [3.63, 3.8) is 0 Å². The molecule has 2 atom stereocenters. The number of carboxylic acid groups (broad SMARTS) is 1. The predicted octanol–water partition coefficient (Wildman–Crippen LogP) is 25.0. The molecule has 552 valence electrons. The van der Waals surface area contributed by atoms with Crippen LogP contribution in [0.3, 0.4) is 0 Å². The van der Waals surface area contributed by atoms with Crippen LogP contribution in [0.1, 0.15) is 258 Å². The average Bonchev–Trinajstić information content (AvgIpc) is 2.62. The van der Waals surface area contributed by atoms with E-state index in [1.54, 1.807) is 0 Å². The van der Waals surface area contributed by atoms with Gasteiger partial charge in [-0.25, -0.2) is 4.79 Å². The van der Waals surface area contributed by atoms with E-state index in [0.717, 1.165) is 180 Å².